The van der Waals surface area contributed by atoms with Gasteiger partial charge in [0.05, 0.1) is 0 Å². The van der Waals surface area contributed by atoms with Gasteiger partial charge in [-0.25, -0.2) is 0 Å². The number of phenolic OH excluding ortho intramolecular Hbond substituents is 2. The molecule has 0 saturated carbocycles. The molecule has 0 aromatic heterocycles. The summed E-state index contributed by atoms with van der Waals surface area (Å²) in [5.74, 6) is 0.644. The van der Waals surface area contributed by atoms with E-state index < -0.39 is 0 Å². The Hall–Kier alpha value is -2.52. The number of hydrogen-bond donors (Lipinski definition) is 2. The molecular formula is C28H30NaO2. The van der Waals surface area contributed by atoms with Crippen molar-refractivity contribution in [1.82, 2.24) is 0 Å². The second-order valence-corrected chi connectivity index (χ2v) is 7.31. The molecule has 0 saturated heterocycles. The molecule has 0 bridgehead atoms. The molecule has 0 aliphatic carbocycles. The molecule has 2 nitrogen and oxygen atoms in total. The predicted molar refractivity (Wildman–Crippen MR) is 133 cm³/mol. The molecule has 0 amide bonds. The fraction of sp³-hybridized carbons (Fsp3) is 0.143. The maximum atomic E-state index is 8.63. The zero-order valence-electron chi connectivity index (χ0n) is 19.1. The van der Waals surface area contributed by atoms with Crippen LogP contribution in [-0.2, 0) is 0 Å². The first-order valence-electron chi connectivity index (χ1n) is 9.99. The molecule has 0 aliphatic heterocycles. The Morgan fingerprint density at radius 3 is 1.00 bits per heavy atom. The first-order valence-corrected chi connectivity index (χ1v) is 9.99. The first kappa shape index (κ1) is 26.5. The smallest absolute Gasteiger partial charge is 0.115 e. The SMILES string of the molecule is Cc1ccc(-c2ccc(C)cc2C)c(C)c1.Oc1ccccc1.Oc1ccccc1.[Na]. The number of rotatable bonds is 1. The number of aryl methyl sites for hydroxylation is 4. The summed E-state index contributed by atoms with van der Waals surface area (Å²) in [7, 11) is 0. The number of phenols is 2. The Morgan fingerprint density at radius 2 is 0.774 bits per heavy atom. The Morgan fingerprint density at radius 1 is 0.452 bits per heavy atom. The van der Waals surface area contributed by atoms with Crippen LogP contribution in [0.2, 0.25) is 0 Å². The zero-order valence-corrected chi connectivity index (χ0v) is 21.1. The third-order valence-electron chi connectivity index (χ3n) is 4.57. The molecule has 2 N–H and O–H groups in total. The van der Waals surface area contributed by atoms with Crippen molar-refractivity contribution >= 4 is 29.6 Å². The van der Waals surface area contributed by atoms with E-state index in [2.05, 4.69) is 64.1 Å². The van der Waals surface area contributed by atoms with Crippen LogP contribution in [0.1, 0.15) is 22.3 Å². The van der Waals surface area contributed by atoms with E-state index >= 15 is 0 Å². The third-order valence-corrected chi connectivity index (χ3v) is 4.57. The molecule has 0 aliphatic rings. The minimum absolute atomic E-state index is 0. The van der Waals surface area contributed by atoms with Crippen molar-refractivity contribution < 1.29 is 10.2 Å². The van der Waals surface area contributed by atoms with E-state index in [0.717, 1.165) is 0 Å². The summed E-state index contributed by atoms with van der Waals surface area (Å²) >= 11 is 0. The largest absolute Gasteiger partial charge is 0.508 e. The van der Waals surface area contributed by atoms with Crippen LogP contribution >= 0.6 is 0 Å². The predicted octanol–water partition coefficient (Wildman–Crippen LogP) is 6.99. The standard InChI is InChI=1S/C16H18.2C6H6O.Na/c1-11-5-7-15(13(3)9-11)16-8-6-12(2)10-14(16)4;2*7-6-4-2-1-3-5-6;/h5-10H,1-4H3;2*1-5,7H;. The van der Waals surface area contributed by atoms with Gasteiger partial charge < -0.3 is 10.2 Å². The summed E-state index contributed by atoms with van der Waals surface area (Å²) < 4.78 is 0. The average molecular weight is 422 g/mol. The van der Waals surface area contributed by atoms with E-state index in [1.165, 1.54) is 33.4 Å². The maximum Gasteiger partial charge on any atom is 0.115 e. The summed E-state index contributed by atoms with van der Waals surface area (Å²) in [6, 6.07) is 30.7. The van der Waals surface area contributed by atoms with Gasteiger partial charge in [0.15, 0.2) is 0 Å². The van der Waals surface area contributed by atoms with Crippen LogP contribution < -0.4 is 0 Å². The van der Waals surface area contributed by atoms with E-state index in [9.17, 15) is 0 Å². The molecule has 1 radical (unpaired) electrons. The van der Waals surface area contributed by atoms with Crippen molar-refractivity contribution in [1.29, 1.82) is 0 Å². The van der Waals surface area contributed by atoms with E-state index in [0.29, 0.717) is 11.5 Å². The molecule has 155 valence electrons. The van der Waals surface area contributed by atoms with Crippen LogP contribution in [-0.4, -0.2) is 39.8 Å². The van der Waals surface area contributed by atoms with E-state index in [4.69, 9.17) is 10.2 Å². The quantitative estimate of drug-likeness (QED) is 0.325. The van der Waals surface area contributed by atoms with Gasteiger partial charge in [0.2, 0.25) is 0 Å². The molecule has 0 spiro atoms. The molecule has 4 rings (SSSR count). The Labute approximate surface area is 208 Å². The minimum atomic E-state index is 0. The Bertz CT molecular complexity index is 958. The van der Waals surface area contributed by atoms with Crippen molar-refractivity contribution in [2.75, 3.05) is 0 Å². The Balaban J connectivity index is 0.000000266. The van der Waals surface area contributed by atoms with Crippen molar-refractivity contribution in [3.63, 3.8) is 0 Å². The van der Waals surface area contributed by atoms with Crippen LogP contribution in [0.5, 0.6) is 11.5 Å². The zero-order chi connectivity index (χ0) is 21.9. The summed E-state index contributed by atoms with van der Waals surface area (Å²) in [4.78, 5) is 0. The molecule has 0 unspecified atom stereocenters. The summed E-state index contributed by atoms with van der Waals surface area (Å²) in [6.07, 6.45) is 0. The maximum absolute atomic E-state index is 8.63. The summed E-state index contributed by atoms with van der Waals surface area (Å²) in [5, 5.41) is 17.3. The molecule has 0 heterocycles. The van der Waals surface area contributed by atoms with Crippen LogP contribution in [0.4, 0.5) is 0 Å². The van der Waals surface area contributed by atoms with Gasteiger partial charge in [0.25, 0.3) is 0 Å². The van der Waals surface area contributed by atoms with Gasteiger partial charge >= 0.3 is 0 Å². The normalized spacial score (nSPS) is 9.29. The molecule has 4 aromatic carbocycles. The van der Waals surface area contributed by atoms with Crippen LogP contribution in [0, 0.1) is 27.7 Å². The van der Waals surface area contributed by atoms with Crippen molar-refractivity contribution in [2.45, 2.75) is 27.7 Å². The van der Waals surface area contributed by atoms with Crippen LogP contribution in [0.3, 0.4) is 0 Å². The third kappa shape index (κ3) is 9.44. The van der Waals surface area contributed by atoms with Crippen molar-refractivity contribution in [3.8, 4) is 22.6 Å². The van der Waals surface area contributed by atoms with Gasteiger partial charge in [0, 0.05) is 29.6 Å². The average Bonchev–Trinajstić information content (AvgIpc) is 2.71. The topological polar surface area (TPSA) is 40.5 Å². The van der Waals surface area contributed by atoms with Crippen LogP contribution in [0.15, 0.2) is 97.1 Å². The molecule has 31 heavy (non-hydrogen) atoms. The Kier molecular flexibility index (Phi) is 11.7. The molecule has 0 atom stereocenters. The molecule has 3 heteroatoms. The van der Waals surface area contributed by atoms with Crippen molar-refractivity contribution in [2.24, 2.45) is 0 Å². The molecule has 4 aromatic rings. The molecule has 0 fully saturated rings. The van der Waals surface area contributed by atoms with Gasteiger partial charge in [-0.15, -0.1) is 0 Å². The number of benzene rings is 4. The summed E-state index contributed by atoms with van der Waals surface area (Å²) in [5.41, 5.74) is 8.06. The van der Waals surface area contributed by atoms with Crippen LogP contribution in [0.25, 0.3) is 11.1 Å². The van der Waals surface area contributed by atoms with E-state index in [1.54, 1.807) is 48.5 Å². The van der Waals surface area contributed by atoms with Gasteiger partial charge in [-0.2, -0.15) is 0 Å². The van der Waals surface area contributed by atoms with Gasteiger partial charge in [-0.1, -0.05) is 83.9 Å². The first-order chi connectivity index (χ1) is 14.4. The van der Waals surface area contributed by atoms with E-state index in [-0.39, 0.29) is 29.6 Å². The number of para-hydroxylation sites is 2. The fourth-order valence-electron chi connectivity index (χ4n) is 3.09. The monoisotopic (exact) mass is 421 g/mol. The minimum Gasteiger partial charge on any atom is -0.508 e. The summed E-state index contributed by atoms with van der Waals surface area (Å²) in [6.45, 7) is 8.64. The van der Waals surface area contributed by atoms with Gasteiger partial charge in [-0.05, 0) is 74.2 Å². The fourth-order valence-corrected chi connectivity index (χ4v) is 3.09. The van der Waals surface area contributed by atoms with Gasteiger partial charge in [0.1, 0.15) is 11.5 Å². The van der Waals surface area contributed by atoms with Gasteiger partial charge in [-0.3, -0.25) is 0 Å². The number of hydrogen-bond acceptors (Lipinski definition) is 2. The molecular weight excluding hydrogens is 391 g/mol. The van der Waals surface area contributed by atoms with Crippen molar-refractivity contribution in [3.05, 3.63) is 119 Å². The van der Waals surface area contributed by atoms with E-state index in [1.807, 2.05) is 12.1 Å². The second-order valence-electron chi connectivity index (χ2n) is 7.31. The number of aromatic hydroxyl groups is 2. The second kappa shape index (κ2) is 13.7.